The van der Waals surface area contributed by atoms with E-state index in [0.717, 1.165) is 5.92 Å². The van der Waals surface area contributed by atoms with Gasteiger partial charge in [0.05, 0.1) is 5.41 Å². The van der Waals surface area contributed by atoms with Crippen LogP contribution in [0.25, 0.3) is 0 Å². The van der Waals surface area contributed by atoms with E-state index in [2.05, 4.69) is 6.92 Å². The van der Waals surface area contributed by atoms with Gasteiger partial charge >= 0.3 is 0 Å². The molecule has 25 heavy (non-hydrogen) atoms. The van der Waals surface area contributed by atoms with Crippen LogP contribution in [0, 0.1) is 29.1 Å². The van der Waals surface area contributed by atoms with Crippen LogP contribution < -0.4 is 0 Å². The van der Waals surface area contributed by atoms with Crippen LogP contribution in [0.1, 0.15) is 103 Å². The lowest BCUT2D eigenvalue weighted by Crippen LogP contribution is -2.53. The Morgan fingerprint density at radius 1 is 0.800 bits per heavy atom. The van der Waals surface area contributed by atoms with E-state index in [1.54, 1.807) is 0 Å². The Bertz CT molecular complexity index is 400. The smallest absolute Gasteiger partial charge is 0.298 e. The maximum Gasteiger partial charge on any atom is 0.298 e. The van der Waals surface area contributed by atoms with E-state index >= 15 is 0 Å². The van der Waals surface area contributed by atoms with E-state index in [1.165, 1.54) is 96.3 Å². The van der Waals surface area contributed by atoms with Gasteiger partial charge in [-0.2, -0.15) is 0 Å². The van der Waals surface area contributed by atoms with Gasteiger partial charge in [0.1, 0.15) is 0 Å². The summed E-state index contributed by atoms with van der Waals surface area (Å²) in [6, 6.07) is 0. The fraction of sp³-hybridized carbons (Fsp3) is 0.955. The van der Waals surface area contributed by atoms with Crippen molar-refractivity contribution in [2.24, 2.45) is 29.1 Å². The zero-order valence-corrected chi connectivity index (χ0v) is 18.7. The zero-order valence-electron chi connectivity index (χ0n) is 16.7. The predicted octanol–water partition coefficient (Wildman–Crippen LogP) is 5.17. The second kappa shape index (κ2) is 9.06. The summed E-state index contributed by atoms with van der Waals surface area (Å²) >= 11 is 0. The number of carbonyl (C=O) groups is 1. The van der Waals surface area contributed by atoms with Crippen molar-refractivity contribution in [3.8, 4) is 0 Å². The molecule has 3 aliphatic carbocycles. The molecule has 0 aliphatic heterocycles. The van der Waals surface area contributed by atoms with Gasteiger partial charge in [-0.25, -0.2) is 0 Å². The van der Waals surface area contributed by atoms with E-state index in [0.29, 0.717) is 28.2 Å². The summed E-state index contributed by atoms with van der Waals surface area (Å²) < 4.78 is 5.73. The van der Waals surface area contributed by atoms with Gasteiger partial charge in [-0.3, -0.25) is 4.79 Å². The first-order chi connectivity index (χ1) is 12.2. The van der Waals surface area contributed by atoms with Crippen molar-refractivity contribution in [1.29, 1.82) is 0 Å². The second-order valence-electron chi connectivity index (χ2n) is 9.28. The largest absolute Gasteiger partial charge is 0.528 e. The molecule has 0 aromatic heterocycles. The quantitative estimate of drug-likeness (QED) is 0.629. The SMILES string of the molecule is CC(C1CCCCC1)C(C(=O)O[SiH3])(C1CCCCC1)C1CCCCC1. The fourth-order valence-electron chi connectivity index (χ4n) is 6.96. The number of hydrogen-bond acceptors (Lipinski definition) is 2. The second-order valence-corrected chi connectivity index (χ2v) is 9.69. The molecule has 0 N–H and O–H groups in total. The van der Waals surface area contributed by atoms with Crippen molar-refractivity contribution in [3.63, 3.8) is 0 Å². The van der Waals surface area contributed by atoms with Crippen molar-refractivity contribution in [1.82, 2.24) is 0 Å². The molecule has 0 aromatic rings. The number of hydrogen-bond donors (Lipinski definition) is 0. The molecule has 0 spiro atoms. The molecular weight excluding hydrogens is 324 g/mol. The molecule has 1 unspecified atom stereocenters. The van der Waals surface area contributed by atoms with Crippen molar-refractivity contribution in [3.05, 3.63) is 0 Å². The van der Waals surface area contributed by atoms with Gasteiger partial charge in [0.2, 0.25) is 10.5 Å². The highest BCUT2D eigenvalue weighted by Gasteiger charge is 2.56. The molecule has 3 aliphatic rings. The minimum absolute atomic E-state index is 0.162. The summed E-state index contributed by atoms with van der Waals surface area (Å²) in [6.45, 7) is 2.46. The van der Waals surface area contributed by atoms with E-state index in [4.69, 9.17) is 4.43 Å². The van der Waals surface area contributed by atoms with Gasteiger partial charge in [0.25, 0.3) is 5.97 Å². The monoisotopic (exact) mass is 364 g/mol. The summed E-state index contributed by atoms with van der Waals surface area (Å²) in [6.07, 6.45) is 19.9. The van der Waals surface area contributed by atoms with Crippen LogP contribution in [0.15, 0.2) is 0 Å². The lowest BCUT2D eigenvalue weighted by Gasteiger charge is -2.53. The van der Waals surface area contributed by atoms with Crippen LogP contribution in [0.2, 0.25) is 0 Å². The Hall–Kier alpha value is -0.313. The number of rotatable bonds is 5. The lowest BCUT2D eigenvalue weighted by molar-refractivity contribution is -0.167. The first-order valence-corrected chi connectivity index (χ1v) is 12.1. The summed E-state index contributed by atoms with van der Waals surface area (Å²) in [5.74, 6) is 2.65. The topological polar surface area (TPSA) is 26.3 Å². The third kappa shape index (κ3) is 3.87. The lowest BCUT2D eigenvalue weighted by atomic mass is 9.51. The minimum Gasteiger partial charge on any atom is -0.528 e. The van der Waals surface area contributed by atoms with E-state index in [9.17, 15) is 4.79 Å². The zero-order chi connectivity index (χ0) is 17.7. The summed E-state index contributed by atoms with van der Waals surface area (Å²) in [7, 11) is 0.555. The van der Waals surface area contributed by atoms with Crippen molar-refractivity contribution >= 4 is 16.5 Å². The minimum atomic E-state index is -0.162. The molecule has 3 rings (SSSR count). The van der Waals surface area contributed by atoms with Crippen LogP contribution in [0.4, 0.5) is 0 Å². The molecule has 0 bridgehead atoms. The molecule has 0 radical (unpaired) electrons. The average molecular weight is 365 g/mol. The highest BCUT2D eigenvalue weighted by Crippen LogP contribution is 2.57. The van der Waals surface area contributed by atoms with E-state index in [1.807, 2.05) is 0 Å². The molecule has 0 heterocycles. The van der Waals surface area contributed by atoms with Crippen molar-refractivity contribution in [2.45, 2.75) is 103 Å². The van der Waals surface area contributed by atoms with E-state index < -0.39 is 0 Å². The highest BCUT2D eigenvalue weighted by atomic mass is 28.2. The van der Waals surface area contributed by atoms with Crippen molar-refractivity contribution < 1.29 is 9.22 Å². The Labute approximate surface area is 158 Å². The van der Waals surface area contributed by atoms with Gasteiger partial charge in [-0.05, 0) is 49.4 Å². The number of carbonyl (C=O) groups excluding carboxylic acids is 1. The summed E-state index contributed by atoms with van der Waals surface area (Å²) in [4.78, 5) is 13.5. The maximum absolute atomic E-state index is 13.5. The summed E-state index contributed by atoms with van der Waals surface area (Å²) in [5, 5.41) is 0. The molecule has 0 saturated heterocycles. The molecular formula is C22H40O2Si. The molecule has 2 nitrogen and oxygen atoms in total. The van der Waals surface area contributed by atoms with Crippen LogP contribution in [0.3, 0.4) is 0 Å². The Kier molecular flexibility index (Phi) is 7.05. The van der Waals surface area contributed by atoms with Crippen molar-refractivity contribution in [2.75, 3.05) is 0 Å². The Balaban J connectivity index is 1.97. The molecule has 3 heteroatoms. The van der Waals surface area contributed by atoms with Gasteiger partial charge in [-0.1, -0.05) is 77.6 Å². The molecule has 3 saturated carbocycles. The highest BCUT2D eigenvalue weighted by molar-refractivity contribution is 6.06. The first-order valence-electron chi connectivity index (χ1n) is 11.3. The van der Waals surface area contributed by atoms with Crippen LogP contribution in [0.5, 0.6) is 0 Å². The van der Waals surface area contributed by atoms with Crippen LogP contribution >= 0.6 is 0 Å². The van der Waals surface area contributed by atoms with Crippen LogP contribution in [-0.2, 0) is 9.22 Å². The average Bonchev–Trinajstić information content (AvgIpc) is 2.70. The Morgan fingerprint density at radius 2 is 1.20 bits per heavy atom. The van der Waals surface area contributed by atoms with Gasteiger partial charge < -0.3 is 4.43 Å². The van der Waals surface area contributed by atoms with E-state index in [-0.39, 0.29) is 11.4 Å². The third-order valence-electron chi connectivity index (χ3n) is 8.21. The molecule has 1 atom stereocenters. The molecule has 144 valence electrons. The van der Waals surface area contributed by atoms with Gasteiger partial charge in [0, 0.05) is 0 Å². The Morgan fingerprint density at radius 3 is 1.60 bits per heavy atom. The molecule has 0 amide bonds. The fourth-order valence-corrected chi connectivity index (χ4v) is 7.31. The summed E-state index contributed by atoms with van der Waals surface area (Å²) in [5.41, 5.74) is -0.162. The van der Waals surface area contributed by atoms with Gasteiger partial charge in [0.15, 0.2) is 0 Å². The predicted molar refractivity (Wildman–Crippen MR) is 107 cm³/mol. The molecule has 3 fully saturated rings. The molecule has 0 aromatic carbocycles. The van der Waals surface area contributed by atoms with Crippen LogP contribution in [-0.4, -0.2) is 16.5 Å². The standard InChI is InChI=1S/C22H40O2Si/c1-17(18-11-5-2-6-12-18)22(21(23)24-25,19-13-7-3-8-14-19)20-15-9-4-10-16-20/h17-20H,2-16H2,1,25H3. The normalized spacial score (nSPS) is 26.4. The first kappa shape index (κ1) is 19.4. The third-order valence-corrected chi connectivity index (χ3v) is 8.58. The maximum atomic E-state index is 13.5. The van der Waals surface area contributed by atoms with Gasteiger partial charge in [-0.15, -0.1) is 0 Å².